The first-order chi connectivity index (χ1) is 10.3. The third kappa shape index (κ3) is 4.39. The number of benzene rings is 1. The summed E-state index contributed by atoms with van der Waals surface area (Å²) in [6.45, 7) is 1.50. The molecule has 0 amide bonds. The standard InChI is InChI=1S/C14H16FN3OS2/c15-11-5-3-10(4-6-11)8-16-13-17-18-14(21-13)20-9-12-2-1-7-19-12/h3-6,12H,1-2,7-9H2,(H,16,17). The normalized spacial score (nSPS) is 18.0. The van der Waals surface area contributed by atoms with Gasteiger partial charge in [0, 0.05) is 18.9 Å². The lowest BCUT2D eigenvalue weighted by Crippen LogP contribution is -2.07. The van der Waals surface area contributed by atoms with Gasteiger partial charge in [-0.05, 0) is 30.5 Å². The molecule has 1 aliphatic rings. The van der Waals surface area contributed by atoms with Gasteiger partial charge in [-0.25, -0.2) is 4.39 Å². The van der Waals surface area contributed by atoms with Gasteiger partial charge in [-0.2, -0.15) is 0 Å². The van der Waals surface area contributed by atoms with E-state index in [0.717, 1.165) is 40.2 Å². The molecule has 1 N–H and O–H groups in total. The van der Waals surface area contributed by atoms with Gasteiger partial charge in [-0.3, -0.25) is 0 Å². The molecule has 112 valence electrons. The Morgan fingerprint density at radius 1 is 1.33 bits per heavy atom. The molecule has 1 aromatic carbocycles. The molecule has 0 aliphatic carbocycles. The number of nitrogens with zero attached hydrogens (tertiary/aromatic N) is 2. The number of thioether (sulfide) groups is 1. The quantitative estimate of drug-likeness (QED) is 0.823. The molecule has 1 unspecified atom stereocenters. The van der Waals surface area contributed by atoms with Crippen LogP contribution in [0.2, 0.25) is 0 Å². The van der Waals surface area contributed by atoms with E-state index in [1.807, 2.05) is 0 Å². The monoisotopic (exact) mass is 325 g/mol. The predicted octanol–water partition coefficient (Wildman–Crippen LogP) is 3.56. The first-order valence-electron chi connectivity index (χ1n) is 6.86. The number of aromatic nitrogens is 2. The second-order valence-corrected chi connectivity index (χ2v) is 7.04. The second-order valence-electron chi connectivity index (χ2n) is 4.80. The first kappa shape index (κ1) is 14.7. The summed E-state index contributed by atoms with van der Waals surface area (Å²) in [5, 5.41) is 12.3. The highest BCUT2D eigenvalue weighted by Gasteiger charge is 2.16. The topological polar surface area (TPSA) is 47.0 Å². The molecule has 1 aliphatic heterocycles. The third-order valence-electron chi connectivity index (χ3n) is 3.18. The lowest BCUT2D eigenvalue weighted by Gasteiger charge is -2.05. The van der Waals surface area contributed by atoms with Gasteiger partial charge in [0.05, 0.1) is 6.10 Å². The van der Waals surface area contributed by atoms with Crippen LogP contribution in [0.15, 0.2) is 28.6 Å². The molecule has 1 saturated heterocycles. The van der Waals surface area contributed by atoms with Crippen molar-refractivity contribution in [2.45, 2.75) is 29.8 Å². The minimum Gasteiger partial charge on any atom is -0.377 e. The van der Waals surface area contributed by atoms with E-state index < -0.39 is 0 Å². The van der Waals surface area contributed by atoms with Crippen molar-refractivity contribution in [3.63, 3.8) is 0 Å². The van der Waals surface area contributed by atoms with Gasteiger partial charge >= 0.3 is 0 Å². The fourth-order valence-corrected chi connectivity index (χ4v) is 3.90. The number of anilines is 1. The summed E-state index contributed by atoms with van der Waals surface area (Å²) in [7, 11) is 0. The van der Waals surface area contributed by atoms with Crippen LogP contribution in [0, 0.1) is 5.82 Å². The lowest BCUT2D eigenvalue weighted by molar-refractivity contribution is 0.129. The van der Waals surface area contributed by atoms with Gasteiger partial charge in [0.15, 0.2) is 4.34 Å². The summed E-state index contributed by atoms with van der Waals surface area (Å²) in [6.07, 6.45) is 2.65. The van der Waals surface area contributed by atoms with Gasteiger partial charge in [-0.1, -0.05) is 35.2 Å². The molecule has 7 heteroatoms. The molecule has 3 rings (SSSR count). The molecule has 1 aromatic heterocycles. The summed E-state index contributed by atoms with van der Waals surface area (Å²) in [6, 6.07) is 6.44. The van der Waals surface area contributed by atoms with E-state index in [1.54, 1.807) is 23.9 Å². The summed E-state index contributed by atoms with van der Waals surface area (Å²) in [5.41, 5.74) is 1.01. The first-order valence-corrected chi connectivity index (χ1v) is 8.66. The molecule has 21 heavy (non-hydrogen) atoms. The zero-order valence-electron chi connectivity index (χ0n) is 11.4. The van der Waals surface area contributed by atoms with Crippen molar-refractivity contribution in [3.8, 4) is 0 Å². The Bertz CT molecular complexity index is 570. The molecule has 0 radical (unpaired) electrons. The SMILES string of the molecule is Fc1ccc(CNc2nnc(SCC3CCCO3)s2)cc1. The van der Waals surface area contributed by atoms with Crippen molar-refractivity contribution in [1.82, 2.24) is 10.2 Å². The van der Waals surface area contributed by atoms with Crippen LogP contribution in [-0.2, 0) is 11.3 Å². The zero-order chi connectivity index (χ0) is 14.5. The Kier molecular flexibility index (Phi) is 5.05. The minimum absolute atomic E-state index is 0.220. The van der Waals surface area contributed by atoms with Crippen molar-refractivity contribution in [2.75, 3.05) is 17.7 Å². The van der Waals surface area contributed by atoms with Crippen molar-refractivity contribution >= 4 is 28.2 Å². The average molecular weight is 325 g/mol. The smallest absolute Gasteiger partial charge is 0.206 e. The fourth-order valence-electron chi connectivity index (χ4n) is 2.06. The van der Waals surface area contributed by atoms with Crippen LogP contribution >= 0.6 is 23.1 Å². The molecule has 0 bridgehead atoms. The Morgan fingerprint density at radius 3 is 2.95 bits per heavy atom. The number of nitrogens with one attached hydrogen (secondary N) is 1. The number of ether oxygens (including phenoxy) is 1. The maximum atomic E-state index is 12.8. The summed E-state index contributed by atoms with van der Waals surface area (Å²) < 4.78 is 19.3. The average Bonchev–Trinajstić information content (AvgIpc) is 3.16. The Labute approximate surface area is 131 Å². The number of rotatable bonds is 6. The molecular formula is C14H16FN3OS2. The van der Waals surface area contributed by atoms with Gasteiger partial charge < -0.3 is 10.1 Å². The van der Waals surface area contributed by atoms with Crippen LogP contribution in [0.5, 0.6) is 0 Å². The molecule has 1 fully saturated rings. The lowest BCUT2D eigenvalue weighted by atomic mass is 10.2. The molecule has 2 heterocycles. The van der Waals surface area contributed by atoms with Crippen LogP contribution in [0.4, 0.5) is 9.52 Å². The maximum absolute atomic E-state index is 12.8. The van der Waals surface area contributed by atoms with Gasteiger partial charge in [-0.15, -0.1) is 10.2 Å². The molecular weight excluding hydrogens is 309 g/mol. The molecule has 0 saturated carbocycles. The highest BCUT2D eigenvalue weighted by atomic mass is 32.2. The van der Waals surface area contributed by atoms with E-state index in [4.69, 9.17) is 4.74 Å². The number of halogens is 1. The highest BCUT2D eigenvalue weighted by Crippen LogP contribution is 2.28. The van der Waals surface area contributed by atoms with E-state index in [9.17, 15) is 4.39 Å². The fraction of sp³-hybridized carbons (Fsp3) is 0.429. The van der Waals surface area contributed by atoms with Gasteiger partial charge in [0.2, 0.25) is 5.13 Å². The molecule has 1 atom stereocenters. The van der Waals surface area contributed by atoms with E-state index in [2.05, 4.69) is 15.5 Å². The third-order valence-corrected chi connectivity index (χ3v) is 5.33. The summed E-state index contributed by atoms with van der Waals surface area (Å²) in [4.78, 5) is 0. The van der Waals surface area contributed by atoms with E-state index in [-0.39, 0.29) is 5.82 Å². The van der Waals surface area contributed by atoms with Crippen molar-refractivity contribution in [2.24, 2.45) is 0 Å². The number of hydrogen-bond donors (Lipinski definition) is 1. The number of hydrogen-bond acceptors (Lipinski definition) is 6. The van der Waals surface area contributed by atoms with Crippen molar-refractivity contribution in [1.29, 1.82) is 0 Å². The van der Waals surface area contributed by atoms with E-state index >= 15 is 0 Å². The summed E-state index contributed by atoms with van der Waals surface area (Å²) in [5.74, 6) is 0.717. The Balaban J connectivity index is 1.46. The summed E-state index contributed by atoms with van der Waals surface area (Å²) >= 11 is 3.23. The van der Waals surface area contributed by atoms with Crippen molar-refractivity contribution < 1.29 is 9.13 Å². The second kappa shape index (κ2) is 7.20. The van der Waals surface area contributed by atoms with Crippen molar-refractivity contribution in [3.05, 3.63) is 35.6 Å². The van der Waals surface area contributed by atoms with Gasteiger partial charge in [0.25, 0.3) is 0 Å². The van der Waals surface area contributed by atoms with Crippen LogP contribution in [0.1, 0.15) is 18.4 Å². The zero-order valence-corrected chi connectivity index (χ0v) is 13.1. The van der Waals surface area contributed by atoms with E-state index in [1.165, 1.54) is 23.5 Å². The Hall–Kier alpha value is -1.18. The van der Waals surface area contributed by atoms with Crippen LogP contribution in [0.25, 0.3) is 0 Å². The maximum Gasteiger partial charge on any atom is 0.206 e. The predicted molar refractivity (Wildman–Crippen MR) is 83.3 cm³/mol. The molecule has 2 aromatic rings. The molecule has 4 nitrogen and oxygen atoms in total. The largest absolute Gasteiger partial charge is 0.377 e. The van der Waals surface area contributed by atoms with Gasteiger partial charge in [0.1, 0.15) is 5.82 Å². The van der Waals surface area contributed by atoms with E-state index in [0.29, 0.717) is 12.6 Å². The molecule has 0 spiro atoms. The minimum atomic E-state index is -0.220. The highest BCUT2D eigenvalue weighted by molar-refractivity contribution is 8.01. The Morgan fingerprint density at radius 2 is 2.19 bits per heavy atom. The van der Waals surface area contributed by atoms with Crippen LogP contribution in [0.3, 0.4) is 0 Å². The van der Waals surface area contributed by atoms with Crippen LogP contribution < -0.4 is 5.32 Å². The van der Waals surface area contributed by atoms with Crippen LogP contribution in [-0.4, -0.2) is 28.7 Å².